The van der Waals surface area contributed by atoms with Crippen molar-refractivity contribution in [2.45, 2.75) is 44.8 Å². The fourth-order valence-corrected chi connectivity index (χ4v) is 2.60. The Morgan fingerprint density at radius 3 is 2.65 bits per heavy atom. The van der Waals surface area contributed by atoms with E-state index in [9.17, 15) is 13.2 Å². The van der Waals surface area contributed by atoms with Crippen molar-refractivity contribution in [3.05, 3.63) is 33.3 Å². The van der Waals surface area contributed by atoms with Gasteiger partial charge in [0.05, 0.1) is 0 Å². The van der Waals surface area contributed by atoms with E-state index in [1.807, 2.05) is 19.1 Å². The van der Waals surface area contributed by atoms with Crippen molar-refractivity contribution in [3.8, 4) is 0 Å². The number of hydrogen-bond acceptors (Lipinski definition) is 1. The Kier molecular flexibility index (Phi) is 7.34. The summed E-state index contributed by atoms with van der Waals surface area (Å²) < 4.78 is 37.6. The average molecular weight is 373 g/mol. The van der Waals surface area contributed by atoms with Gasteiger partial charge in [-0.1, -0.05) is 34.5 Å². The lowest BCUT2D eigenvalue weighted by Crippen LogP contribution is -2.23. The van der Waals surface area contributed by atoms with Crippen LogP contribution in [-0.2, 0) is 0 Å². The lowest BCUT2D eigenvalue weighted by Gasteiger charge is -2.21. The molecule has 1 N–H and O–H groups in total. The van der Waals surface area contributed by atoms with Gasteiger partial charge in [-0.05, 0) is 49.6 Å². The van der Waals surface area contributed by atoms with Crippen LogP contribution in [0.1, 0.15) is 44.2 Å². The Morgan fingerprint density at radius 1 is 1.35 bits per heavy atom. The van der Waals surface area contributed by atoms with E-state index in [1.165, 1.54) is 0 Å². The number of rotatable bonds is 7. The Hall–Kier alpha value is -0.260. The third kappa shape index (κ3) is 6.46. The lowest BCUT2D eigenvalue weighted by atomic mass is 10.0. The minimum atomic E-state index is -4.10. The third-order valence-corrected chi connectivity index (χ3v) is 3.76. The van der Waals surface area contributed by atoms with E-state index in [1.54, 1.807) is 6.07 Å². The molecule has 1 rings (SSSR count). The van der Waals surface area contributed by atoms with Gasteiger partial charge in [0, 0.05) is 22.0 Å². The second-order valence-corrected chi connectivity index (χ2v) is 6.00. The molecular weight excluding hydrogens is 355 g/mol. The van der Waals surface area contributed by atoms with Crippen LogP contribution in [0.25, 0.3) is 0 Å². The molecule has 114 valence electrons. The smallest absolute Gasteiger partial charge is 0.310 e. The first kappa shape index (κ1) is 17.8. The maximum atomic E-state index is 12.2. The lowest BCUT2D eigenvalue weighted by molar-refractivity contribution is -0.135. The van der Waals surface area contributed by atoms with Gasteiger partial charge in [-0.2, -0.15) is 13.2 Å². The number of hydrogen-bond donors (Lipinski definition) is 1. The summed E-state index contributed by atoms with van der Waals surface area (Å²) in [5.41, 5.74) is 0.844. The molecule has 1 aromatic carbocycles. The van der Waals surface area contributed by atoms with Crippen LogP contribution in [0.3, 0.4) is 0 Å². The van der Waals surface area contributed by atoms with Crippen LogP contribution in [0, 0.1) is 0 Å². The van der Waals surface area contributed by atoms with E-state index in [4.69, 9.17) is 11.6 Å². The van der Waals surface area contributed by atoms with Gasteiger partial charge in [-0.15, -0.1) is 0 Å². The molecule has 1 nitrogen and oxygen atoms in total. The highest BCUT2D eigenvalue weighted by molar-refractivity contribution is 9.10. The van der Waals surface area contributed by atoms with Gasteiger partial charge < -0.3 is 5.32 Å². The summed E-state index contributed by atoms with van der Waals surface area (Å²) in [5, 5.41) is 3.84. The van der Waals surface area contributed by atoms with Gasteiger partial charge in [0.2, 0.25) is 0 Å². The molecule has 0 bridgehead atoms. The molecule has 0 saturated heterocycles. The molecule has 1 aromatic rings. The Bertz CT molecular complexity index is 423. The summed E-state index contributed by atoms with van der Waals surface area (Å²) in [7, 11) is 0. The molecule has 6 heteroatoms. The van der Waals surface area contributed by atoms with E-state index < -0.39 is 12.6 Å². The van der Waals surface area contributed by atoms with Crippen molar-refractivity contribution in [2.75, 3.05) is 6.54 Å². The third-order valence-electron chi connectivity index (χ3n) is 2.93. The van der Waals surface area contributed by atoms with Crippen molar-refractivity contribution in [1.82, 2.24) is 5.32 Å². The number of alkyl halides is 3. The zero-order valence-corrected chi connectivity index (χ0v) is 13.6. The van der Waals surface area contributed by atoms with Gasteiger partial charge in [0.1, 0.15) is 0 Å². The van der Waals surface area contributed by atoms with Gasteiger partial charge in [-0.3, -0.25) is 0 Å². The van der Waals surface area contributed by atoms with Crippen molar-refractivity contribution in [1.29, 1.82) is 0 Å². The molecule has 0 heterocycles. The number of benzene rings is 1. The standard InChI is InChI=1S/C14H18BrClF3N/c1-2-8-20-13(4-3-7-14(17,18)19)11-9-10(15)5-6-12(11)16/h5-6,9,13,20H,2-4,7-8H2,1H3. The first-order valence-electron chi connectivity index (χ1n) is 6.58. The average Bonchev–Trinajstić information content (AvgIpc) is 2.35. The molecule has 0 radical (unpaired) electrons. The summed E-state index contributed by atoms with van der Waals surface area (Å²) in [6.45, 7) is 2.77. The second kappa shape index (κ2) is 8.25. The van der Waals surface area contributed by atoms with Gasteiger partial charge in [0.25, 0.3) is 0 Å². The second-order valence-electron chi connectivity index (χ2n) is 4.68. The number of halogens is 5. The highest BCUT2D eigenvalue weighted by atomic mass is 79.9. The van der Waals surface area contributed by atoms with E-state index in [0.717, 1.165) is 23.0 Å². The predicted octanol–water partition coefficient (Wildman–Crippen LogP) is 5.88. The highest BCUT2D eigenvalue weighted by Gasteiger charge is 2.27. The minimum absolute atomic E-state index is 0.0910. The molecule has 0 aliphatic rings. The Labute approximate surface area is 131 Å². The summed E-state index contributed by atoms with van der Waals surface area (Å²) in [6, 6.07) is 5.29. The van der Waals surface area contributed by atoms with Crippen molar-refractivity contribution in [2.24, 2.45) is 0 Å². The van der Waals surface area contributed by atoms with E-state index in [2.05, 4.69) is 21.2 Å². The monoisotopic (exact) mass is 371 g/mol. The minimum Gasteiger partial charge on any atom is -0.310 e. The summed E-state index contributed by atoms with van der Waals surface area (Å²) in [4.78, 5) is 0. The molecule has 0 aliphatic heterocycles. The van der Waals surface area contributed by atoms with Crippen molar-refractivity contribution >= 4 is 27.5 Å². The number of nitrogens with one attached hydrogen (secondary N) is 1. The first-order chi connectivity index (χ1) is 9.33. The highest BCUT2D eigenvalue weighted by Crippen LogP contribution is 2.31. The summed E-state index contributed by atoms with van der Waals surface area (Å²) in [5.74, 6) is 0. The molecule has 0 saturated carbocycles. The maximum absolute atomic E-state index is 12.2. The summed E-state index contributed by atoms with van der Waals surface area (Å²) >= 11 is 9.52. The van der Waals surface area contributed by atoms with Crippen LogP contribution in [0.2, 0.25) is 5.02 Å². The van der Waals surface area contributed by atoms with Gasteiger partial charge in [-0.25, -0.2) is 0 Å². The van der Waals surface area contributed by atoms with Crippen LogP contribution >= 0.6 is 27.5 Å². The fourth-order valence-electron chi connectivity index (χ4n) is 1.97. The molecule has 0 aromatic heterocycles. The van der Waals surface area contributed by atoms with Crippen molar-refractivity contribution in [3.63, 3.8) is 0 Å². The molecule has 20 heavy (non-hydrogen) atoms. The molecule has 0 spiro atoms. The van der Waals surface area contributed by atoms with Crippen LogP contribution in [0.15, 0.2) is 22.7 Å². The maximum Gasteiger partial charge on any atom is 0.389 e. The van der Waals surface area contributed by atoms with Crippen LogP contribution < -0.4 is 5.32 Å². The van der Waals surface area contributed by atoms with Gasteiger partial charge in [0.15, 0.2) is 0 Å². The Balaban J connectivity index is 2.75. The van der Waals surface area contributed by atoms with Crippen LogP contribution in [0.4, 0.5) is 13.2 Å². The van der Waals surface area contributed by atoms with Crippen molar-refractivity contribution < 1.29 is 13.2 Å². The fraction of sp³-hybridized carbons (Fsp3) is 0.571. The normalized spacial score (nSPS) is 13.5. The zero-order valence-electron chi connectivity index (χ0n) is 11.2. The van der Waals surface area contributed by atoms with Gasteiger partial charge >= 0.3 is 6.18 Å². The predicted molar refractivity (Wildman–Crippen MR) is 80.1 cm³/mol. The molecular formula is C14H18BrClF3N. The zero-order chi connectivity index (χ0) is 15.2. The van der Waals surface area contributed by atoms with E-state index in [0.29, 0.717) is 11.4 Å². The first-order valence-corrected chi connectivity index (χ1v) is 7.75. The molecule has 0 amide bonds. The van der Waals surface area contributed by atoms with E-state index >= 15 is 0 Å². The largest absolute Gasteiger partial charge is 0.389 e. The van der Waals surface area contributed by atoms with E-state index in [-0.39, 0.29) is 12.5 Å². The van der Waals surface area contributed by atoms with Crippen LogP contribution in [-0.4, -0.2) is 12.7 Å². The molecule has 1 atom stereocenters. The molecule has 0 fully saturated rings. The Morgan fingerprint density at radius 2 is 2.05 bits per heavy atom. The molecule has 0 aliphatic carbocycles. The quantitative estimate of drug-likeness (QED) is 0.630. The summed E-state index contributed by atoms with van der Waals surface area (Å²) in [6.07, 6.45) is -3.44. The topological polar surface area (TPSA) is 12.0 Å². The SMILES string of the molecule is CCCNC(CCCC(F)(F)F)c1cc(Br)ccc1Cl. The molecule has 1 unspecified atom stereocenters. The van der Waals surface area contributed by atoms with Crippen LogP contribution in [0.5, 0.6) is 0 Å².